The van der Waals surface area contributed by atoms with Crippen LogP contribution in [0.2, 0.25) is 0 Å². The van der Waals surface area contributed by atoms with Gasteiger partial charge in [-0.1, -0.05) is 12.1 Å². The molecule has 29 heavy (non-hydrogen) atoms. The number of para-hydroxylation sites is 1. The monoisotopic (exact) mass is 416 g/mol. The summed E-state index contributed by atoms with van der Waals surface area (Å²) in [6, 6.07) is 6.71. The smallest absolute Gasteiger partial charge is 0.287 e. The van der Waals surface area contributed by atoms with Gasteiger partial charge in [-0.05, 0) is 38.2 Å². The molecule has 1 aliphatic heterocycles. The zero-order valence-electron chi connectivity index (χ0n) is 15.8. The van der Waals surface area contributed by atoms with Gasteiger partial charge in [-0.25, -0.2) is 10.9 Å². The van der Waals surface area contributed by atoms with E-state index in [1.165, 1.54) is 6.21 Å². The van der Waals surface area contributed by atoms with Crippen LogP contribution in [0.15, 0.2) is 44.7 Å². The van der Waals surface area contributed by atoms with E-state index in [-0.39, 0.29) is 35.3 Å². The van der Waals surface area contributed by atoms with E-state index in [9.17, 15) is 14.7 Å². The van der Waals surface area contributed by atoms with Crippen LogP contribution in [0.4, 0.5) is 0 Å². The van der Waals surface area contributed by atoms with Crippen molar-refractivity contribution in [2.75, 3.05) is 0 Å². The minimum Gasteiger partial charge on any atom is -0.507 e. The van der Waals surface area contributed by atoms with Crippen molar-refractivity contribution in [2.24, 2.45) is 20.4 Å². The van der Waals surface area contributed by atoms with Crippen LogP contribution in [0, 0.1) is 0 Å². The van der Waals surface area contributed by atoms with Gasteiger partial charge >= 0.3 is 0 Å². The number of hydrogen-bond donors (Lipinski definition) is 5. The highest BCUT2D eigenvalue weighted by molar-refractivity contribution is 7.80. The largest absolute Gasteiger partial charge is 0.507 e. The Hall–Kier alpha value is -3.67. The van der Waals surface area contributed by atoms with Gasteiger partial charge in [-0.2, -0.15) is 20.4 Å². The van der Waals surface area contributed by atoms with Gasteiger partial charge in [0, 0.05) is 18.4 Å². The zero-order chi connectivity index (χ0) is 21.2. The highest BCUT2D eigenvalue weighted by atomic mass is 32.1. The molecule has 1 aromatic rings. The van der Waals surface area contributed by atoms with E-state index in [0.717, 1.165) is 0 Å². The molecule has 11 nitrogen and oxygen atoms in total. The molecule has 0 bridgehead atoms. The van der Waals surface area contributed by atoms with Gasteiger partial charge in [0.25, 0.3) is 5.91 Å². The van der Waals surface area contributed by atoms with Crippen LogP contribution in [-0.2, 0) is 9.59 Å². The maximum Gasteiger partial charge on any atom is 0.287 e. The van der Waals surface area contributed by atoms with Crippen LogP contribution < -0.4 is 21.7 Å². The molecule has 0 aromatic heterocycles. The highest BCUT2D eigenvalue weighted by Crippen LogP contribution is 2.12. The number of benzene rings is 1. The fourth-order valence-corrected chi connectivity index (χ4v) is 2.01. The van der Waals surface area contributed by atoms with E-state index in [0.29, 0.717) is 17.0 Å². The first kappa shape index (κ1) is 21.6. The number of rotatable bonds is 6. The molecule has 0 aliphatic carbocycles. The molecule has 12 heteroatoms. The van der Waals surface area contributed by atoms with Crippen molar-refractivity contribution in [3.05, 3.63) is 29.8 Å². The Morgan fingerprint density at radius 1 is 1.17 bits per heavy atom. The van der Waals surface area contributed by atoms with E-state index in [1.54, 1.807) is 38.1 Å². The first-order valence-electron chi connectivity index (χ1n) is 8.48. The van der Waals surface area contributed by atoms with E-state index >= 15 is 0 Å². The number of phenols is 1. The molecule has 1 heterocycles. The normalized spacial score (nSPS) is 14.8. The van der Waals surface area contributed by atoms with Crippen LogP contribution in [0.5, 0.6) is 5.75 Å². The molecule has 0 spiro atoms. The Bertz CT molecular complexity index is 923. The molecule has 1 aromatic carbocycles. The lowest BCUT2D eigenvalue weighted by Gasteiger charge is -2.10. The van der Waals surface area contributed by atoms with Crippen LogP contribution in [0.1, 0.15) is 32.3 Å². The second-order valence-corrected chi connectivity index (χ2v) is 6.21. The Kier molecular flexibility index (Phi) is 7.91. The number of amides is 2. The summed E-state index contributed by atoms with van der Waals surface area (Å²) in [7, 11) is 0. The molecular weight excluding hydrogens is 396 g/mol. The van der Waals surface area contributed by atoms with Crippen molar-refractivity contribution < 1.29 is 14.7 Å². The SMILES string of the molecule is CC(=NNC(=O)C1=NNC(=O)CC1)C(C)=NNC(=S)NN=Cc1ccccc1O. The number of thiocarbonyl (C=S) groups is 1. The minimum atomic E-state index is -0.499. The predicted molar refractivity (Wildman–Crippen MR) is 114 cm³/mol. The molecule has 5 N–H and O–H groups in total. The molecule has 152 valence electrons. The Morgan fingerprint density at radius 2 is 1.86 bits per heavy atom. The van der Waals surface area contributed by atoms with Crippen molar-refractivity contribution in [1.82, 2.24) is 21.7 Å². The fraction of sp³-hybridized carbons (Fsp3) is 0.235. The van der Waals surface area contributed by atoms with E-state index in [1.807, 2.05) is 0 Å². The van der Waals surface area contributed by atoms with Crippen molar-refractivity contribution in [3.63, 3.8) is 0 Å². The third-order valence-electron chi connectivity index (χ3n) is 3.65. The standard InChI is InChI=1S/C17H20N8O3S/c1-10(19-23-16(28)13-7-8-15(27)22-21-13)11(2)20-25-17(29)24-18-9-12-5-3-4-6-14(12)26/h3-6,9,26H,7-8H2,1-2H3,(H,22,27)(H,23,28)(H2,24,25,29). The molecule has 0 unspecified atom stereocenters. The first-order valence-corrected chi connectivity index (χ1v) is 8.89. The van der Waals surface area contributed by atoms with Gasteiger partial charge < -0.3 is 5.11 Å². The number of hydrazone groups is 4. The summed E-state index contributed by atoms with van der Waals surface area (Å²) in [5.41, 5.74) is 11.4. The summed E-state index contributed by atoms with van der Waals surface area (Å²) < 4.78 is 0. The highest BCUT2D eigenvalue weighted by Gasteiger charge is 2.17. The Balaban J connectivity index is 1.82. The van der Waals surface area contributed by atoms with Crippen LogP contribution in [0.25, 0.3) is 0 Å². The molecule has 0 saturated heterocycles. The van der Waals surface area contributed by atoms with Crippen molar-refractivity contribution in [1.29, 1.82) is 0 Å². The van der Waals surface area contributed by atoms with Gasteiger partial charge in [0.2, 0.25) is 11.0 Å². The summed E-state index contributed by atoms with van der Waals surface area (Å²) >= 11 is 5.04. The quantitative estimate of drug-likeness (QED) is 0.256. The first-order chi connectivity index (χ1) is 13.9. The number of nitrogens with one attached hydrogen (secondary N) is 4. The molecule has 2 rings (SSSR count). The van der Waals surface area contributed by atoms with Gasteiger partial charge in [0.1, 0.15) is 11.5 Å². The second-order valence-electron chi connectivity index (χ2n) is 5.80. The summed E-state index contributed by atoms with van der Waals surface area (Å²) in [5, 5.41) is 25.3. The van der Waals surface area contributed by atoms with E-state index in [2.05, 4.69) is 42.1 Å². The lowest BCUT2D eigenvalue weighted by atomic mass is 10.2. The summed E-state index contributed by atoms with van der Waals surface area (Å²) in [4.78, 5) is 23.0. The van der Waals surface area contributed by atoms with E-state index < -0.39 is 5.91 Å². The van der Waals surface area contributed by atoms with Gasteiger partial charge in [0.15, 0.2) is 0 Å². The summed E-state index contributed by atoms with van der Waals surface area (Å²) in [5.74, 6) is -0.633. The topological polar surface area (TPSA) is 152 Å². The number of carbonyl (C=O) groups excluding carboxylic acids is 2. The van der Waals surface area contributed by atoms with Crippen molar-refractivity contribution >= 4 is 52.5 Å². The summed E-state index contributed by atoms with van der Waals surface area (Å²) in [6.07, 6.45) is 1.87. The second kappa shape index (κ2) is 10.6. The summed E-state index contributed by atoms with van der Waals surface area (Å²) in [6.45, 7) is 3.32. The predicted octanol–water partition coefficient (Wildman–Crippen LogP) is 0.324. The Morgan fingerprint density at radius 3 is 2.52 bits per heavy atom. The number of carbonyl (C=O) groups is 2. The third kappa shape index (κ3) is 7.10. The fourth-order valence-electron chi connectivity index (χ4n) is 1.92. The maximum atomic E-state index is 11.9. The molecule has 0 atom stereocenters. The number of hydrogen-bond acceptors (Lipinski definition) is 8. The molecular formula is C17H20N8O3S. The lowest BCUT2D eigenvalue weighted by Crippen LogP contribution is -2.35. The van der Waals surface area contributed by atoms with Crippen LogP contribution in [-0.4, -0.2) is 45.4 Å². The number of aromatic hydroxyl groups is 1. The average Bonchev–Trinajstić information content (AvgIpc) is 2.71. The van der Waals surface area contributed by atoms with Crippen molar-refractivity contribution in [3.8, 4) is 5.75 Å². The third-order valence-corrected chi connectivity index (χ3v) is 3.83. The Labute approximate surface area is 172 Å². The van der Waals surface area contributed by atoms with Crippen molar-refractivity contribution in [2.45, 2.75) is 26.7 Å². The van der Waals surface area contributed by atoms with Gasteiger partial charge in [-0.3, -0.25) is 20.4 Å². The molecule has 2 amide bonds. The van der Waals surface area contributed by atoms with E-state index in [4.69, 9.17) is 12.2 Å². The minimum absolute atomic E-state index is 0.0984. The van der Waals surface area contributed by atoms with Gasteiger partial charge in [-0.15, -0.1) is 0 Å². The zero-order valence-corrected chi connectivity index (χ0v) is 16.6. The molecule has 0 radical (unpaired) electrons. The number of nitrogens with zero attached hydrogens (tertiary/aromatic N) is 4. The van der Waals surface area contributed by atoms with Gasteiger partial charge in [0.05, 0.1) is 17.6 Å². The molecule has 1 aliphatic rings. The average molecular weight is 416 g/mol. The maximum absolute atomic E-state index is 11.9. The molecule has 0 saturated carbocycles. The lowest BCUT2D eigenvalue weighted by molar-refractivity contribution is -0.121. The van der Waals surface area contributed by atoms with Crippen LogP contribution in [0.3, 0.4) is 0 Å². The van der Waals surface area contributed by atoms with Crippen LogP contribution >= 0.6 is 12.2 Å². The molecule has 0 fully saturated rings. The number of phenolic OH excluding ortho intramolecular Hbond substituents is 1.